The summed E-state index contributed by atoms with van der Waals surface area (Å²) in [6.45, 7) is 3.69. The average Bonchev–Trinajstić information content (AvgIpc) is 2.49. The summed E-state index contributed by atoms with van der Waals surface area (Å²) < 4.78 is 0. The summed E-state index contributed by atoms with van der Waals surface area (Å²) in [4.78, 5) is 41.6. The minimum Gasteiger partial charge on any atom is -0.366 e. The summed E-state index contributed by atoms with van der Waals surface area (Å²) in [5.74, 6) is -0.253. The first-order valence-electron chi connectivity index (χ1n) is 7.08. The first-order chi connectivity index (χ1) is 10.9. The smallest absolute Gasteiger partial charge is 0.254 e. The van der Waals surface area contributed by atoms with E-state index < -0.39 is 5.91 Å². The van der Waals surface area contributed by atoms with Crippen molar-refractivity contribution < 1.29 is 9.59 Å². The largest absolute Gasteiger partial charge is 0.366 e. The van der Waals surface area contributed by atoms with Crippen LogP contribution in [0.1, 0.15) is 33.0 Å². The fourth-order valence-corrected chi connectivity index (χ4v) is 2.17. The second-order valence-corrected chi connectivity index (χ2v) is 5.23. The molecule has 0 radical (unpaired) electrons. The van der Waals surface area contributed by atoms with Gasteiger partial charge in [-0.3, -0.25) is 14.4 Å². The van der Waals surface area contributed by atoms with E-state index in [0.717, 1.165) is 5.56 Å². The average molecular weight is 314 g/mol. The van der Waals surface area contributed by atoms with Crippen molar-refractivity contribution in [2.24, 2.45) is 5.73 Å². The van der Waals surface area contributed by atoms with Crippen molar-refractivity contribution >= 4 is 11.8 Å². The fraction of sp³-hybridized carbons (Fsp3) is 0.250. The number of nitrogens with one attached hydrogen (secondary N) is 2. The highest BCUT2D eigenvalue weighted by Crippen LogP contribution is 2.04. The van der Waals surface area contributed by atoms with Gasteiger partial charge in [-0.05, 0) is 31.5 Å². The zero-order chi connectivity index (χ0) is 17.0. The molecule has 0 bridgehead atoms. The van der Waals surface area contributed by atoms with Gasteiger partial charge < -0.3 is 16.0 Å². The summed E-state index contributed by atoms with van der Waals surface area (Å²) in [6, 6.07) is 6.63. The number of amides is 2. The number of hydrogen-bond donors (Lipinski definition) is 3. The van der Waals surface area contributed by atoms with E-state index in [-0.39, 0.29) is 17.9 Å². The van der Waals surface area contributed by atoms with Crippen LogP contribution < -0.4 is 16.6 Å². The standard InChI is InChI=1S/C16H18N4O3/c1-9-13(16(23)20-10(2)19-9)7-14(21)18-8-11-3-5-12(6-4-11)15(17)22/h3-6H,7-8H2,1-2H3,(H2,17,22)(H,18,21)(H,19,20,23). The van der Waals surface area contributed by atoms with Crippen molar-refractivity contribution in [3.05, 3.63) is 62.8 Å². The number of primary amides is 1. The van der Waals surface area contributed by atoms with E-state index in [9.17, 15) is 14.4 Å². The zero-order valence-corrected chi connectivity index (χ0v) is 13.0. The molecule has 7 heteroatoms. The minimum atomic E-state index is -0.498. The maximum absolute atomic E-state index is 12.0. The molecule has 2 amide bonds. The molecule has 23 heavy (non-hydrogen) atoms. The van der Waals surface area contributed by atoms with Gasteiger partial charge in [-0.2, -0.15) is 0 Å². The third-order valence-electron chi connectivity index (χ3n) is 3.41. The number of carbonyl (C=O) groups excluding carboxylic acids is 2. The van der Waals surface area contributed by atoms with Gasteiger partial charge in [0.15, 0.2) is 0 Å². The lowest BCUT2D eigenvalue weighted by molar-refractivity contribution is -0.120. The van der Waals surface area contributed by atoms with E-state index in [2.05, 4.69) is 15.3 Å². The van der Waals surface area contributed by atoms with Gasteiger partial charge in [-0.1, -0.05) is 12.1 Å². The van der Waals surface area contributed by atoms with Crippen LogP contribution in [0.4, 0.5) is 0 Å². The third-order valence-corrected chi connectivity index (χ3v) is 3.41. The number of aryl methyl sites for hydroxylation is 2. The van der Waals surface area contributed by atoms with Gasteiger partial charge >= 0.3 is 0 Å². The second-order valence-electron chi connectivity index (χ2n) is 5.23. The summed E-state index contributed by atoms with van der Waals surface area (Å²) in [5.41, 5.74) is 7.01. The molecule has 0 aliphatic heterocycles. The van der Waals surface area contributed by atoms with Crippen LogP contribution in [0.2, 0.25) is 0 Å². The van der Waals surface area contributed by atoms with Crippen LogP contribution in [0.25, 0.3) is 0 Å². The maximum Gasteiger partial charge on any atom is 0.254 e. The Morgan fingerprint density at radius 2 is 1.87 bits per heavy atom. The molecule has 0 aliphatic rings. The summed E-state index contributed by atoms with van der Waals surface area (Å²) in [5, 5.41) is 2.73. The summed E-state index contributed by atoms with van der Waals surface area (Å²) in [6.07, 6.45) is -0.0339. The van der Waals surface area contributed by atoms with Gasteiger partial charge in [0, 0.05) is 23.4 Å². The molecule has 0 spiro atoms. The van der Waals surface area contributed by atoms with Crippen molar-refractivity contribution in [3.8, 4) is 0 Å². The van der Waals surface area contributed by atoms with E-state index in [4.69, 9.17) is 5.73 Å². The molecule has 0 saturated carbocycles. The number of aromatic nitrogens is 2. The van der Waals surface area contributed by atoms with Crippen molar-refractivity contribution in [2.75, 3.05) is 0 Å². The molecule has 0 fully saturated rings. The Labute approximate surface area is 132 Å². The predicted octanol–water partition coefficient (Wildman–Crippen LogP) is 0.345. The maximum atomic E-state index is 12.0. The Morgan fingerprint density at radius 3 is 2.43 bits per heavy atom. The van der Waals surface area contributed by atoms with Crippen molar-refractivity contribution in [2.45, 2.75) is 26.8 Å². The quantitative estimate of drug-likeness (QED) is 0.737. The Morgan fingerprint density at radius 1 is 1.22 bits per heavy atom. The van der Waals surface area contributed by atoms with E-state index in [1.54, 1.807) is 38.1 Å². The number of carbonyl (C=O) groups is 2. The lowest BCUT2D eigenvalue weighted by Gasteiger charge is -2.07. The molecule has 0 atom stereocenters. The van der Waals surface area contributed by atoms with E-state index in [0.29, 0.717) is 29.2 Å². The first kappa shape index (κ1) is 16.4. The van der Waals surface area contributed by atoms with Crippen LogP contribution in [-0.2, 0) is 17.8 Å². The fourth-order valence-electron chi connectivity index (χ4n) is 2.17. The first-order valence-corrected chi connectivity index (χ1v) is 7.08. The lowest BCUT2D eigenvalue weighted by atomic mass is 10.1. The van der Waals surface area contributed by atoms with E-state index >= 15 is 0 Å². The Kier molecular flexibility index (Phi) is 4.90. The SMILES string of the molecule is Cc1nc(C)c(CC(=O)NCc2ccc(C(N)=O)cc2)c(=O)[nH]1. The highest BCUT2D eigenvalue weighted by atomic mass is 16.2. The number of aromatic amines is 1. The molecule has 4 N–H and O–H groups in total. The van der Waals surface area contributed by atoms with Crippen molar-refractivity contribution in [1.82, 2.24) is 15.3 Å². The summed E-state index contributed by atoms with van der Waals surface area (Å²) >= 11 is 0. The van der Waals surface area contributed by atoms with Crippen LogP contribution in [0.5, 0.6) is 0 Å². The number of hydrogen-bond acceptors (Lipinski definition) is 4. The van der Waals surface area contributed by atoms with Gasteiger partial charge in [0.05, 0.1) is 6.42 Å². The molecule has 1 aromatic carbocycles. The van der Waals surface area contributed by atoms with E-state index in [1.165, 1.54) is 0 Å². The molecule has 7 nitrogen and oxygen atoms in total. The molecular formula is C16H18N4O3. The molecule has 0 aliphatic carbocycles. The highest BCUT2D eigenvalue weighted by molar-refractivity contribution is 5.92. The van der Waals surface area contributed by atoms with Crippen LogP contribution in [0.15, 0.2) is 29.1 Å². The molecule has 2 aromatic rings. The van der Waals surface area contributed by atoms with Gasteiger partial charge in [0.1, 0.15) is 5.82 Å². The van der Waals surface area contributed by atoms with Gasteiger partial charge in [0.2, 0.25) is 11.8 Å². The van der Waals surface area contributed by atoms with Crippen LogP contribution >= 0.6 is 0 Å². The lowest BCUT2D eigenvalue weighted by Crippen LogP contribution is -2.29. The van der Waals surface area contributed by atoms with Crippen molar-refractivity contribution in [3.63, 3.8) is 0 Å². The van der Waals surface area contributed by atoms with Gasteiger partial charge in [-0.25, -0.2) is 4.98 Å². The van der Waals surface area contributed by atoms with Crippen LogP contribution in [0, 0.1) is 13.8 Å². The van der Waals surface area contributed by atoms with Crippen LogP contribution in [-0.4, -0.2) is 21.8 Å². The summed E-state index contributed by atoms with van der Waals surface area (Å²) in [7, 11) is 0. The normalized spacial score (nSPS) is 10.3. The monoisotopic (exact) mass is 314 g/mol. The minimum absolute atomic E-state index is 0.0339. The topological polar surface area (TPSA) is 118 Å². The molecular weight excluding hydrogens is 296 g/mol. The Balaban J connectivity index is 1.98. The molecule has 2 rings (SSSR count). The number of nitrogens with two attached hydrogens (primary N) is 1. The highest BCUT2D eigenvalue weighted by Gasteiger charge is 2.11. The van der Waals surface area contributed by atoms with Gasteiger partial charge in [-0.15, -0.1) is 0 Å². The zero-order valence-electron chi connectivity index (χ0n) is 13.0. The number of H-pyrrole nitrogens is 1. The molecule has 1 aromatic heterocycles. The van der Waals surface area contributed by atoms with Crippen molar-refractivity contribution in [1.29, 1.82) is 0 Å². The van der Waals surface area contributed by atoms with Crippen LogP contribution in [0.3, 0.4) is 0 Å². The Bertz CT molecular complexity index is 794. The molecule has 120 valence electrons. The number of nitrogens with zero attached hydrogens (tertiary/aromatic N) is 1. The van der Waals surface area contributed by atoms with Gasteiger partial charge in [0.25, 0.3) is 5.56 Å². The predicted molar refractivity (Wildman–Crippen MR) is 84.8 cm³/mol. The Hall–Kier alpha value is -2.96. The number of rotatable bonds is 5. The molecule has 1 heterocycles. The second kappa shape index (κ2) is 6.87. The molecule has 0 saturated heterocycles. The third kappa shape index (κ3) is 4.26. The van der Waals surface area contributed by atoms with E-state index in [1.807, 2.05) is 0 Å². The number of benzene rings is 1. The molecule has 0 unspecified atom stereocenters.